The number of amides is 3. The van der Waals surface area contributed by atoms with Crippen LogP contribution in [0.25, 0.3) is 0 Å². The third-order valence-electron chi connectivity index (χ3n) is 3.82. The predicted octanol–water partition coefficient (Wildman–Crippen LogP) is 2.36. The molecular weight excluding hydrogens is 360 g/mol. The van der Waals surface area contributed by atoms with Crippen molar-refractivity contribution in [1.29, 1.82) is 0 Å². The number of halogens is 1. The summed E-state index contributed by atoms with van der Waals surface area (Å²) in [5.41, 5.74) is 0.869. The minimum absolute atomic E-state index is 0.0969. The van der Waals surface area contributed by atoms with Gasteiger partial charge in [0.05, 0.1) is 28.8 Å². The van der Waals surface area contributed by atoms with Crippen LogP contribution in [-0.2, 0) is 9.53 Å². The Morgan fingerprint density at radius 3 is 2.54 bits per heavy atom. The number of carbonyl (C=O) groups excluding carboxylic acids is 4. The predicted molar refractivity (Wildman–Crippen MR) is 93.2 cm³/mol. The lowest BCUT2D eigenvalue weighted by molar-refractivity contribution is -0.116. The second-order valence-corrected chi connectivity index (χ2v) is 5.89. The molecule has 0 aliphatic carbocycles. The molecule has 2 aromatic carbocycles. The molecule has 3 amide bonds. The Balaban J connectivity index is 1.74. The van der Waals surface area contributed by atoms with Gasteiger partial charge in [-0.05, 0) is 30.3 Å². The van der Waals surface area contributed by atoms with E-state index < -0.39 is 30.2 Å². The number of fused-ring (bicyclic) bond motifs is 1. The number of methoxy groups -OCH3 is 1. The van der Waals surface area contributed by atoms with Gasteiger partial charge in [0, 0.05) is 5.69 Å². The van der Waals surface area contributed by atoms with Crippen molar-refractivity contribution in [2.45, 2.75) is 0 Å². The maximum Gasteiger partial charge on any atom is 0.337 e. The van der Waals surface area contributed by atoms with Gasteiger partial charge in [-0.25, -0.2) is 4.79 Å². The van der Waals surface area contributed by atoms with Crippen molar-refractivity contribution in [2.75, 3.05) is 19.0 Å². The summed E-state index contributed by atoms with van der Waals surface area (Å²) >= 11 is 5.98. The molecular formula is C18H13ClN2O5. The second kappa shape index (κ2) is 6.97. The zero-order chi connectivity index (χ0) is 18.8. The minimum Gasteiger partial charge on any atom is -0.465 e. The number of carbonyl (C=O) groups is 4. The van der Waals surface area contributed by atoms with Crippen LogP contribution in [0.1, 0.15) is 31.1 Å². The average Bonchev–Trinajstić information content (AvgIpc) is 2.87. The Morgan fingerprint density at radius 2 is 1.85 bits per heavy atom. The number of esters is 1. The normalized spacial score (nSPS) is 12.8. The summed E-state index contributed by atoms with van der Waals surface area (Å²) < 4.78 is 4.62. The topological polar surface area (TPSA) is 92.8 Å². The van der Waals surface area contributed by atoms with E-state index in [1.165, 1.54) is 31.4 Å². The van der Waals surface area contributed by atoms with E-state index in [2.05, 4.69) is 10.1 Å². The quantitative estimate of drug-likeness (QED) is 0.657. The third-order valence-corrected chi connectivity index (χ3v) is 4.13. The molecule has 0 radical (unpaired) electrons. The molecule has 0 atom stereocenters. The van der Waals surface area contributed by atoms with E-state index in [0.29, 0.717) is 5.69 Å². The Kier molecular flexibility index (Phi) is 4.73. The van der Waals surface area contributed by atoms with Crippen LogP contribution in [-0.4, -0.2) is 42.2 Å². The van der Waals surface area contributed by atoms with Crippen LogP contribution in [0.15, 0.2) is 42.5 Å². The molecule has 8 heteroatoms. The van der Waals surface area contributed by atoms with Crippen LogP contribution in [0, 0.1) is 0 Å². The van der Waals surface area contributed by atoms with E-state index in [-0.39, 0.29) is 21.7 Å². The van der Waals surface area contributed by atoms with Crippen molar-refractivity contribution in [3.63, 3.8) is 0 Å². The molecule has 1 aliphatic heterocycles. The number of rotatable bonds is 4. The average molecular weight is 373 g/mol. The molecule has 7 nitrogen and oxygen atoms in total. The molecule has 3 rings (SSSR count). The second-order valence-electron chi connectivity index (χ2n) is 5.48. The molecule has 132 valence electrons. The fourth-order valence-corrected chi connectivity index (χ4v) is 2.88. The van der Waals surface area contributed by atoms with E-state index in [0.717, 1.165) is 4.90 Å². The highest BCUT2D eigenvalue weighted by molar-refractivity contribution is 6.37. The number of benzene rings is 2. The van der Waals surface area contributed by atoms with E-state index in [1.807, 2.05) is 0 Å². The number of anilines is 1. The van der Waals surface area contributed by atoms with Gasteiger partial charge in [-0.3, -0.25) is 19.3 Å². The van der Waals surface area contributed by atoms with Gasteiger partial charge in [-0.15, -0.1) is 0 Å². The Labute approximate surface area is 153 Å². The van der Waals surface area contributed by atoms with Gasteiger partial charge in [0.2, 0.25) is 5.91 Å². The number of hydrogen-bond acceptors (Lipinski definition) is 5. The number of imide groups is 1. The van der Waals surface area contributed by atoms with Crippen LogP contribution >= 0.6 is 11.6 Å². The van der Waals surface area contributed by atoms with Gasteiger partial charge >= 0.3 is 5.97 Å². The first kappa shape index (κ1) is 17.6. The Bertz CT molecular complexity index is 941. The number of nitrogens with zero attached hydrogens (tertiary/aromatic N) is 1. The minimum atomic E-state index is -0.617. The van der Waals surface area contributed by atoms with Gasteiger partial charge in [-0.2, -0.15) is 0 Å². The van der Waals surface area contributed by atoms with E-state index in [9.17, 15) is 19.2 Å². The van der Waals surface area contributed by atoms with Gasteiger partial charge in [0.25, 0.3) is 11.8 Å². The first-order valence-electron chi connectivity index (χ1n) is 7.55. The number of ether oxygens (including phenoxy) is 1. The molecule has 0 saturated carbocycles. The molecule has 1 heterocycles. The van der Waals surface area contributed by atoms with Crippen molar-refractivity contribution < 1.29 is 23.9 Å². The summed E-state index contributed by atoms with van der Waals surface area (Å²) in [6.07, 6.45) is 0. The maximum atomic E-state index is 12.4. The zero-order valence-corrected chi connectivity index (χ0v) is 14.4. The molecule has 0 spiro atoms. The molecule has 0 bridgehead atoms. The van der Waals surface area contributed by atoms with Gasteiger partial charge in [-0.1, -0.05) is 23.7 Å². The molecule has 0 unspecified atom stereocenters. The van der Waals surface area contributed by atoms with Crippen molar-refractivity contribution in [3.05, 3.63) is 64.2 Å². The monoisotopic (exact) mass is 372 g/mol. The largest absolute Gasteiger partial charge is 0.465 e. The van der Waals surface area contributed by atoms with Gasteiger partial charge in [0.15, 0.2) is 0 Å². The van der Waals surface area contributed by atoms with E-state index in [4.69, 9.17) is 11.6 Å². The van der Waals surface area contributed by atoms with Crippen molar-refractivity contribution >= 4 is 41.0 Å². The molecule has 26 heavy (non-hydrogen) atoms. The van der Waals surface area contributed by atoms with Crippen LogP contribution in [0.4, 0.5) is 5.69 Å². The maximum absolute atomic E-state index is 12.4. The fraction of sp³-hybridized carbons (Fsp3) is 0.111. The van der Waals surface area contributed by atoms with Crippen molar-refractivity contribution in [1.82, 2.24) is 4.90 Å². The molecule has 1 aliphatic rings. The smallest absolute Gasteiger partial charge is 0.337 e. The van der Waals surface area contributed by atoms with Crippen LogP contribution in [0.3, 0.4) is 0 Å². The summed E-state index contributed by atoms with van der Waals surface area (Å²) in [4.78, 5) is 49.3. The van der Waals surface area contributed by atoms with Crippen molar-refractivity contribution in [3.8, 4) is 0 Å². The lowest BCUT2D eigenvalue weighted by atomic mass is 10.1. The van der Waals surface area contributed by atoms with E-state index >= 15 is 0 Å². The highest BCUT2D eigenvalue weighted by atomic mass is 35.5. The summed E-state index contributed by atoms with van der Waals surface area (Å²) in [6, 6.07) is 10.7. The summed E-state index contributed by atoms with van der Waals surface area (Å²) in [7, 11) is 1.25. The number of hydrogen-bond donors (Lipinski definition) is 1. The van der Waals surface area contributed by atoms with Gasteiger partial charge < -0.3 is 10.1 Å². The molecule has 2 aromatic rings. The standard InChI is InChI=1S/C18H13ClN2O5/c1-26-18(25)10-4-2-5-11(8-10)20-14(22)9-21-16(23)12-6-3-7-13(19)15(12)17(21)24/h2-8H,9H2,1H3,(H,20,22). The summed E-state index contributed by atoms with van der Waals surface area (Å²) in [5.74, 6) is -2.33. The van der Waals surface area contributed by atoms with Crippen molar-refractivity contribution in [2.24, 2.45) is 0 Å². The first-order valence-corrected chi connectivity index (χ1v) is 7.93. The van der Waals surface area contributed by atoms with Crippen LogP contribution < -0.4 is 5.32 Å². The molecule has 0 fully saturated rings. The van der Waals surface area contributed by atoms with Crippen LogP contribution in [0.2, 0.25) is 5.02 Å². The lowest BCUT2D eigenvalue weighted by Crippen LogP contribution is -2.37. The highest BCUT2D eigenvalue weighted by Crippen LogP contribution is 2.28. The van der Waals surface area contributed by atoms with Gasteiger partial charge in [0.1, 0.15) is 6.54 Å². The summed E-state index contributed by atoms with van der Waals surface area (Å²) in [5, 5.41) is 2.71. The number of nitrogens with one attached hydrogen (secondary N) is 1. The molecule has 1 N–H and O–H groups in total. The fourth-order valence-electron chi connectivity index (χ4n) is 2.62. The third kappa shape index (κ3) is 3.16. The molecule has 0 aromatic heterocycles. The Hall–Kier alpha value is -3.19. The first-order chi connectivity index (χ1) is 12.4. The van der Waals surface area contributed by atoms with E-state index in [1.54, 1.807) is 18.2 Å². The Morgan fingerprint density at radius 1 is 1.12 bits per heavy atom. The zero-order valence-electron chi connectivity index (χ0n) is 13.6. The molecule has 0 saturated heterocycles. The highest BCUT2D eigenvalue weighted by Gasteiger charge is 2.38. The summed E-state index contributed by atoms with van der Waals surface area (Å²) in [6.45, 7) is -0.467. The SMILES string of the molecule is COC(=O)c1cccc(NC(=O)CN2C(=O)c3cccc(Cl)c3C2=O)c1. The lowest BCUT2D eigenvalue weighted by Gasteiger charge is -2.14. The van der Waals surface area contributed by atoms with Crippen LogP contribution in [0.5, 0.6) is 0 Å².